The molecule has 3 aromatic carbocycles. The van der Waals surface area contributed by atoms with E-state index in [0.717, 1.165) is 22.4 Å². The van der Waals surface area contributed by atoms with Crippen molar-refractivity contribution in [3.05, 3.63) is 100 Å². The van der Waals surface area contributed by atoms with Gasteiger partial charge in [0, 0.05) is 22.4 Å². The number of aromatic hydroxyl groups is 1. The molecule has 3 aromatic rings. The third-order valence-electron chi connectivity index (χ3n) is 5.03. The Labute approximate surface area is 173 Å². The minimum absolute atomic E-state index is 0.0999. The van der Waals surface area contributed by atoms with Crippen LogP contribution in [0.5, 0.6) is 11.5 Å². The first kappa shape index (κ1) is 19.3. The summed E-state index contributed by atoms with van der Waals surface area (Å²) >= 11 is 6.04. The van der Waals surface area contributed by atoms with E-state index in [1.807, 2.05) is 53.9 Å². The summed E-state index contributed by atoms with van der Waals surface area (Å²) in [4.78, 5) is 0. The highest BCUT2D eigenvalue weighted by Gasteiger charge is 2.30. The Morgan fingerprint density at radius 3 is 2.55 bits per heavy atom. The van der Waals surface area contributed by atoms with Gasteiger partial charge in [0.25, 0.3) is 0 Å². The minimum Gasteiger partial charge on any atom is -0.504 e. The second kappa shape index (κ2) is 8.15. The van der Waals surface area contributed by atoms with Crippen molar-refractivity contribution in [2.75, 3.05) is 7.11 Å². The fourth-order valence-electron chi connectivity index (χ4n) is 3.58. The smallest absolute Gasteiger partial charge is 0.186 e. The van der Waals surface area contributed by atoms with Gasteiger partial charge in [-0.15, -0.1) is 0 Å². The van der Waals surface area contributed by atoms with Crippen LogP contribution >= 0.6 is 11.6 Å². The second-order valence-electron chi connectivity index (χ2n) is 6.88. The van der Waals surface area contributed by atoms with E-state index in [1.54, 1.807) is 12.1 Å². The normalized spacial score (nSPS) is 18.7. The van der Waals surface area contributed by atoms with Crippen molar-refractivity contribution in [2.45, 2.75) is 12.2 Å². The van der Waals surface area contributed by atoms with E-state index in [-0.39, 0.29) is 23.8 Å². The van der Waals surface area contributed by atoms with Gasteiger partial charge in [-0.3, -0.25) is 0 Å². The maximum absolute atomic E-state index is 13.8. The fourth-order valence-corrected chi connectivity index (χ4v) is 3.70. The maximum Gasteiger partial charge on any atom is 0.186 e. The number of phenols is 1. The number of hydrogen-bond donors (Lipinski definition) is 3. The van der Waals surface area contributed by atoms with Crippen LogP contribution in [0.15, 0.2) is 72.8 Å². The van der Waals surface area contributed by atoms with E-state index in [2.05, 4.69) is 5.32 Å². The van der Waals surface area contributed by atoms with Crippen LogP contribution in [0.25, 0.3) is 5.70 Å². The van der Waals surface area contributed by atoms with Crippen LogP contribution in [0.3, 0.4) is 0 Å². The van der Waals surface area contributed by atoms with E-state index in [4.69, 9.17) is 16.3 Å². The largest absolute Gasteiger partial charge is 0.504 e. The zero-order valence-electron chi connectivity index (χ0n) is 15.8. The molecular formula is C23H21ClFN2O2+. The van der Waals surface area contributed by atoms with Crippen LogP contribution in [0, 0.1) is 5.82 Å². The van der Waals surface area contributed by atoms with Crippen molar-refractivity contribution in [1.82, 2.24) is 5.32 Å². The summed E-state index contributed by atoms with van der Waals surface area (Å²) in [5.41, 5.74) is 3.36. The summed E-state index contributed by atoms with van der Waals surface area (Å²) in [5, 5.41) is 16.8. The summed E-state index contributed by atoms with van der Waals surface area (Å²) in [7, 11) is 1.52. The molecule has 6 heteroatoms. The average molecular weight is 412 g/mol. The number of ether oxygens (including phenoxy) is 1. The highest BCUT2D eigenvalue weighted by molar-refractivity contribution is 6.30. The standard InChI is InChI=1S/C23H20ClFN2O2/c1-29-21-7-3-6-18(22(21)28)20-13-19(14-8-10-16(24)11-9-14)26-23(27-20)15-4-2-5-17(25)12-15/h2-13,20,23,26-28H,1H3/p+1. The molecule has 0 saturated carbocycles. The molecule has 0 radical (unpaired) electrons. The molecule has 1 aliphatic heterocycles. The summed E-state index contributed by atoms with van der Waals surface area (Å²) in [6.07, 6.45) is 1.80. The molecule has 148 valence electrons. The number of hydrogen-bond acceptors (Lipinski definition) is 3. The fraction of sp³-hybridized carbons (Fsp3) is 0.130. The molecule has 4 N–H and O–H groups in total. The van der Waals surface area contributed by atoms with Gasteiger partial charge < -0.3 is 20.5 Å². The summed E-state index contributed by atoms with van der Waals surface area (Å²) < 4.78 is 19.1. The molecule has 0 saturated heterocycles. The van der Waals surface area contributed by atoms with Gasteiger partial charge in [0.1, 0.15) is 11.9 Å². The number of nitrogens with one attached hydrogen (secondary N) is 1. The van der Waals surface area contributed by atoms with Crippen LogP contribution in [-0.4, -0.2) is 12.2 Å². The molecule has 0 spiro atoms. The van der Waals surface area contributed by atoms with E-state index in [1.165, 1.54) is 19.2 Å². The lowest BCUT2D eigenvalue weighted by molar-refractivity contribution is -0.731. The molecule has 29 heavy (non-hydrogen) atoms. The van der Waals surface area contributed by atoms with Crippen molar-refractivity contribution >= 4 is 17.3 Å². The Bertz CT molecular complexity index is 1050. The molecule has 0 aliphatic carbocycles. The Balaban J connectivity index is 1.78. The number of rotatable bonds is 4. The molecule has 1 aliphatic rings. The first-order valence-electron chi connectivity index (χ1n) is 9.26. The number of benzene rings is 3. The predicted molar refractivity (Wildman–Crippen MR) is 111 cm³/mol. The van der Waals surface area contributed by atoms with Crippen molar-refractivity contribution in [1.29, 1.82) is 0 Å². The number of nitrogens with two attached hydrogens (primary N) is 1. The highest BCUT2D eigenvalue weighted by Crippen LogP contribution is 2.35. The third kappa shape index (κ3) is 4.06. The van der Waals surface area contributed by atoms with E-state index in [0.29, 0.717) is 10.8 Å². The second-order valence-corrected chi connectivity index (χ2v) is 7.32. The van der Waals surface area contributed by atoms with Crippen molar-refractivity contribution < 1.29 is 19.6 Å². The monoisotopic (exact) mass is 411 g/mol. The summed E-state index contributed by atoms with van der Waals surface area (Å²) in [5.74, 6) is 0.224. The van der Waals surface area contributed by atoms with Gasteiger partial charge in [-0.05, 0) is 42.0 Å². The van der Waals surface area contributed by atoms with Gasteiger partial charge in [-0.25, -0.2) is 4.39 Å². The van der Waals surface area contributed by atoms with Crippen LogP contribution in [-0.2, 0) is 0 Å². The molecule has 1 heterocycles. The van der Waals surface area contributed by atoms with E-state index < -0.39 is 0 Å². The topological polar surface area (TPSA) is 58.1 Å². The Morgan fingerprint density at radius 2 is 1.83 bits per heavy atom. The summed E-state index contributed by atoms with van der Waals surface area (Å²) in [6, 6.07) is 19.2. The van der Waals surface area contributed by atoms with Gasteiger partial charge in [0.2, 0.25) is 0 Å². The Hall–Kier alpha value is -3.02. The van der Waals surface area contributed by atoms with Crippen molar-refractivity contribution in [3.63, 3.8) is 0 Å². The molecule has 2 unspecified atom stereocenters. The van der Waals surface area contributed by atoms with Gasteiger partial charge >= 0.3 is 0 Å². The molecule has 2 atom stereocenters. The quantitative estimate of drug-likeness (QED) is 0.604. The lowest BCUT2D eigenvalue weighted by atomic mass is 9.97. The number of phenolic OH excluding ortho intramolecular Hbond substituents is 1. The van der Waals surface area contributed by atoms with Crippen LogP contribution in [0.2, 0.25) is 5.02 Å². The predicted octanol–water partition coefficient (Wildman–Crippen LogP) is 4.14. The molecule has 4 rings (SSSR count). The Kier molecular flexibility index (Phi) is 5.43. The third-order valence-corrected chi connectivity index (χ3v) is 5.28. The molecule has 0 fully saturated rings. The highest BCUT2D eigenvalue weighted by atomic mass is 35.5. The number of methoxy groups -OCH3 is 1. The molecular weight excluding hydrogens is 391 g/mol. The first-order chi connectivity index (χ1) is 14.0. The van der Waals surface area contributed by atoms with Crippen LogP contribution < -0.4 is 15.4 Å². The number of quaternary nitrogens is 1. The number of halogens is 2. The molecule has 0 bridgehead atoms. The lowest BCUT2D eigenvalue weighted by Crippen LogP contribution is -2.89. The van der Waals surface area contributed by atoms with Crippen LogP contribution in [0.4, 0.5) is 4.39 Å². The van der Waals surface area contributed by atoms with Gasteiger partial charge in [0.05, 0.1) is 12.7 Å². The van der Waals surface area contributed by atoms with Crippen LogP contribution in [0.1, 0.15) is 28.9 Å². The first-order valence-corrected chi connectivity index (χ1v) is 9.63. The van der Waals surface area contributed by atoms with Gasteiger partial charge in [-0.1, -0.05) is 41.9 Å². The zero-order chi connectivity index (χ0) is 20.4. The Morgan fingerprint density at radius 1 is 1.07 bits per heavy atom. The van der Waals surface area contributed by atoms with Crippen molar-refractivity contribution in [3.8, 4) is 11.5 Å². The van der Waals surface area contributed by atoms with E-state index in [9.17, 15) is 9.50 Å². The van der Waals surface area contributed by atoms with Crippen molar-refractivity contribution in [2.24, 2.45) is 0 Å². The van der Waals surface area contributed by atoms with E-state index >= 15 is 0 Å². The van der Waals surface area contributed by atoms with Gasteiger partial charge in [0.15, 0.2) is 17.7 Å². The maximum atomic E-state index is 13.8. The molecule has 0 aromatic heterocycles. The molecule has 0 amide bonds. The van der Waals surface area contributed by atoms with Gasteiger partial charge in [-0.2, -0.15) is 0 Å². The minimum atomic E-state index is -0.291. The molecule has 4 nitrogen and oxygen atoms in total. The average Bonchev–Trinajstić information content (AvgIpc) is 2.74. The lowest BCUT2D eigenvalue weighted by Gasteiger charge is -2.30. The summed E-state index contributed by atoms with van der Waals surface area (Å²) in [6.45, 7) is 0. The number of para-hydroxylation sites is 1. The SMILES string of the molecule is COc1cccc(C2C=C(c3ccc(Cl)cc3)NC(c3cccc(F)c3)[NH2+]2)c1O. The zero-order valence-corrected chi connectivity index (χ0v) is 16.5.